The molecule has 1 fully saturated rings. The summed E-state index contributed by atoms with van der Waals surface area (Å²) in [6.45, 7) is 12.0. The third-order valence-corrected chi connectivity index (χ3v) is 6.31. The molecule has 0 atom stereocenters. The van der Waals surface area contributed by atoms with E-state index in [0.29, 0.717) is 16.9 Å². The molecule has 0 radical (unpaired) electrons. The van der Waals surface area contributed by atoms with Crippen molar-refractivity contribution in [2.45, 2.75) is 46.6 Å². The van der Waals surface area contributed by atoms with Gasteiger partial charge in [0.1, 0.15) is 0 Å². The molecule has 3 rings (SSSR count). The molecule has 0 amide bonds. The lowest BCUT2D eigenvalue weighted by Crippen LogP contribution is -2.46. The summed E-state index contributed by atoms with van der Waals surface area (Å²) in [6.07, 6.45) is 2.54. The van der Waals surface area contributed by atoms with Crippen LogP contribution in [0.3, 0.4) is 0 Å². The van der Waals surface area contributed by atoms with E-state index in [2.05, 4.69) is 93.3 Å². The molecule has 2 aromatic carbocycles. The van der Waals surface area contributed by atoms with Gasteiger partial charge >= 0.3 is 0 Å². The Morgan fingerprint density at radius 3 is 1.58 bits per heavy atom. The lowest BCUT2D eigenvalue weighted by Gasteiger charge is -2.49. The third kappa shape index (κ3) is 3.42. The standard InChI is InChI=1S/C23H31N/c1-22(2,3)23(4)15-17-24(18-16-23)21(19-11-7-5-8-12-19)20-13-9-6-10-14-20/h5-14,21H,15-18H2,1-4H3. The summed E-state index contributed by atoms with van der Waals surface area (Å²) in [6, 6.07) is 22.3. The first-order valence-electron chi connectivity index (χ1n) is 9.25. The van der Waals surface area contributed by atoms with Crippen LogP contribution in [0.1, 0.15) is 57.7 Å². The zero-order valence-corrected chi connectivity index (χ0v) is 15.6. The van der Waals surface area contributed by atoms with Crippen molar-refractivity contribution in [1.82, 2.24) is 4.90 Å². The molecule has 0 bridgehead atoms. The average Bonchev–Trinajstić information content (AvgIpc) is 2.58. The molecule has 0 saturated carbocycles. The minimum atomic E-state index is 0.369. The summed E-state index contributed by atoms with van der Waals surface area (Å²) in [5, 5.41) is 0. The van der Waals surface area contributed by atoms with Gasteiger partial charge in [0.15, 0.2) is 0 Å². The minimum Gasteiger partial charge on any atom is -0.292 e. The number of rotatable bonds is 3. The Hall–Kier alpha value is -1.60. The van der Waals surface area contributed by atoms with Gasteiger partial charge < -0.3 is 0 Å². The molecule has 0 spiro atoms. The lowest BCUT2D eigenvalue weighted by atomic mass is 9.62. The van der Waals surface area contributed by atoms with Gasteiger partial charge in [0.25, 0.3) is 0 Å². The number of benzene rings is 2. The molecule has 1 saturated heterocycles. The van der Waals surface area contributed by atoms with Crippen molar-refractivity contribution < 1.29 is 0 Å². The van der Waals surface area contributed by atoms with Gasteiger partial charge in [0, 0.05) is 0 Å². The number of nitrogens with zero attached hydrogens (tertiary/aromatic N) is 1. The molecule has 0 aliphatic carbocycles. The molecule has 128 valence electrons. The van der Waals surface area contributed by atoms with E-state index in [1.165, 1.54) is 37.1 Å². The van der Waals surface area contributed by atoms with Crippen molar-refractivity contribution in [3.63, 3.8) is 0 Å². The highest BCUT2D eigenvalue weighted by Crippen LogP contribution is 2.47. The molecular formula is C23H31N. The third-order valence-electron chi connectivity index (χ3n) is 6.31. The summed E-state index contributed by atoms with van der Waals surface area (Å²) in [4.78, 5) is 2.68. The quantitative estimate of drug-likeness (QED) is 0.678. The van der Waals surface area contributed by atoms with Crippen LogP contribution in [0.4, 0.5) is 0 Å². The predicted octanol–water partition coefficient (Wildman–Crippen LogP) is 5.92. The normalized spacial score (nSPS) is 18.7. The SMILES string of the molecule is CC(C)(C)C1(C)CCN(C(c2ccccc2)c2ccccc2)CC1. The fraction of sp³-hybridized carbons (Fsp3) is 0.478. The van der Waals surface area contributed by atoms with Gasteiger partial charge in [-0.2, -0.15) is 0 Å². The highest BCUT2D eigenvalue weighted by atomic mass is 15.2. The van der Waals surface area contributed by atoms with Gasteiger partial charge in [-0.15, -0.1) is 0 Å². The van der Waals surface area contributed by atoms with Crippen LogP contribution in [0.15, 0.2) is 60.7 Å². The average molecular weight is 322 g/mol. The molecular weight excluding hydrogens is 290 g/mol. The summed E-state index contributed by atoms with van der Waals surface area (Å²) in [5.74, 6) is 0. The van der Waals surface area contributed by atoms with Crippen molar-refractivity contribution in [3.8, 4) is 0 Å². The van der Waals surface area contributed by atoms with E-state index in [1.807, 2.05) is 0 Å². The molecule has 2 aromatic rings. The second kappa shape index (κ2) is 6.72. The van der Waals surface area contributed by atoms with Gasteiger partial charge in [-0.3, -0.25) is 4.90 Å². The van der Waals surface area contributed by atoms with E-state index in [4.69, 9.17) is 0 Å². The van der Waals surface area contributed by atoms with Crippen LogP contribution in [-0.4, -0.2) is 18.0 Å². The van der Waals surface area contributed by atoms with E-state index in [9.17, 15) is 0 Å². The van der Waals surface area contributed by atoms with E-state index >= 15 is 0 Å². The number of hydrogen-bond donors (Lipinski definition) is 0. The molecule has 1 nitrogen and oxygen atoms in total. The Morgan fingerprint density at radius 1 is 0.792 bits per heavy atom. The van der Waals surface area contributed by atoms with Gasteiger partial charge in [-0.05, 0) is 47.9 Å². The molecule has 24 heavy (non-hydrogen) atoms. The van der Waals surface area contributed by atoms with E-state index in [0.717, 1.165) is 0 Å². The Morgan fingerprint density at radius 2 is 1.21 bits per heavy atom. The van der Waals surface area contributed by atoms with Gasteiger partial charge in [0.05, 0.1) is 6.04 Å². The summed E-state index contributed by atoms with van der Waals surface area (Å²) < 4.78 is 0. The van der Waals surface area contributed by atoms with Crippen molar-refractivity contribution in [2.75, 3.05) is 13.1 Å². The van der Waals surface area contributed by atoms with Crippen LogP contribution in [0.25, 0.3) is 0 Å². The van der Waals surface area contributed by atoms with Crippen LogP contribution in [-0.2, 0) is 0 Å². The maximum atomic E-state index is 2.68. The predicted molar refractivity (Wildman–Crippen MR) is 103 cm³/mol. The van der Waals surface area contributed by atoms with Crippen molar-refractivity contribution in [2.24, 2.45) is 10.8 Å². The number of hydrogen-bond acceptors (Lipinski definition) is 1. The van der Waals surface area contributed by atoms with Crippen molar-refractivity contribution in [3.05, 3.63) is 71.8 Å². The smallest absolute Gasteiger partial charge is 0.0601 e. The van der Waals surface area contributed by atoms with Crippen molar-refractivity contribution >= 4 is 0 Å². The minimum absolute atomic E-state index is 0.369. The largest absolute Gasteiger partial charge is 0.292 e. The van der Waals surface area contributed by atoms with Crippen LogP contribution >= 0.6 is 0 Å². The topological polar surface area (TPSA) is 3.24 Å². The van der Waals surface area contributed by atoms with E-state index in [-0.39, 0.29) is 0 Å². The Bertz CT molecular complexity index is 591. The molecule has 1 heterocycles. The summed E-state index contributed by atoms with van der Waals surface area (Å²) >= 11 is 0. The highest BCUT2D eigenvalue weighted by Gasteiger charge is 2.41. The second-order valence-electron chi connectivity index (χ2n) is 8.57. The van der Waals surface area contributed by atoms with Crippen LogP contribution in [0.2, 0.25) is 0 Å². The maximum absolute atomic E-state index is 2.68. The maximum Gasteiger partial charge on any atom is 0.0601 e. The van der Waals surface area contributed by atoms with Gasteiger partial charge in [0.2, 0.25) is 0 Å². The van der Waals surface area contributed by atoms with Gasteiger partial charge in [-0.25, -0.2) is 0 Å². The molecule has 0 aromatic heterocycles. The fourth-order valence-electron chi connectivity index (χ4n) is 3.91. The second-order valence-corrected chi connectivity index (χ2v) is 8.57. The first kappa shape index (κ1) is 17.2. The monoisotopic (exact) mass is 321 g/mol. The lowest BCUT2D eigenvalue weighted by molar-refractivity contribution is 0.0124. The molecule has 1 aliphatic rings. The first-order chi connectivity index (χ1) is 11.4. The number of likely N-dealkylation sites (tertiary alicyclic amines) is 1. The zero-order chi connectivity index (χ0) is 17.2. The fourth-order valence-corrected chi connectivity index (χ4v) is 3.91. The first-order valence-corrected chi connectivity index (χ1v) is 9.25. The van der Waals surface area contributed by atoms with E-state index in [1.54, 1.807) is 0 Å². The van der Waals surface area contributed by atoms with Crippen LogP contribution in [0, 0.1) is 10.8 Å². The molecule has 0 N–H and O–H groups in total. The Labute approximate surface area is 147 Å². The van der Waals surface area contributed by atoms with Crippen molar-refractivity contribution in [1.29, 1.82) is 0 Å². The van der Waals surface area contributed by atoms with E-state index < -0.39 is 0 Å². The molecule has 1 heteroatoms. The van der Waals surface area contributed by atoms with Crippen LogP contribution < -0.4 is 0 Å². The summed E-state index contributed by atoms with van der Waals surface area (Å²) in [7, 11) is 0. The zero-order valence-electron chi connectivity index (χ0n) is 15.6. The van der Waals surface area contributed by atoms with Crippen LogP contribution in [0.5, 0.6) is 0 Å². The van der Waals surface area contributed by atoms with Gasteiger partial charge in [-0.1, -0.05) is 88.4 Å². The highest BCUT2D eigenvalue weighted by molar-refractivity contribution is 5.32. The molecule has 0 unspecified atom stereocenters. The molecule has 1 aliphatic heterocycles. The Kier molecular flexibility index (Phi) is 4.83. The Balaban J connectivity index is 1.86. The summed E-state index contributed by atoms with van der Waals surface area (Å²) in [5.41, 5.74) is 3.61. The number of piperidine rings is 1.